The number of aliphatic imine (C=N–C) groups is 1. The fraction of sp³-hybridized carbons (Fsp3) is 0.333. The number of hydrogen-bond donors (Lipinski definition) is 2. The highest BCUT2D eigenvalue weighted by atomic mass is 15.1. The molecule has 0 aliphatic heterocycles. The summed E-state index contributed by atoms with van der Waals surface area (Å²) in [6.07, 6.45) is 7.48. The Labute approximate surface area is 114 Å². The van der Waals surface area contributed by atoms with Crippen LogP contribution in [0.15, 0.2) is 47.6 Å². The zero-order valence-electron chi connectivity index (χ0n) is 11.3. The van der Waals surface area contributed by atoms with E-state index < -0.39 is 0 Å². The maximum Gasteiger partial charge on any atom is 0.133 e. The Balaban J connectivity index is 2.12. The number of allylic oxidation sites excluding steroid dienone is 1. The lowest BCUT2D eigenvalue weighted by molar-refractivity contribution is 0.368. The maximum atomic E-state index is 5.66. The molecule has 1 fully saturated rings. The van der Waals surface area contributed by atoms with Gasteiger partial charge in [0, 0.05) is 6.20 Å². The molecule has 1 saturated carbocycles. The molecule has 1 heterocycles. The number of nitrogens with zero attached hydrogens (tertiary/aromatic N) is 2. The number of pyridine rings is 1. The fourth-order valence-electron chi connectivity index (χ4n) is 2.05. The summed E-state index contributed by atoms with van der Waals surface area (Å²) in [6, 6.07) is 5.48. The van der Waals surface area contributed by atoms with Crippen molar-refractivity contribution >= 4 is 17.5 Å². The van der Waals surface area contributed by atoms with E-state index in [-0.39, 0.29) is 0 Å². The van der Waals surface area contributed by atoms with Crippen molar-refractivity contribution in [2.75, 3.05) is 11.1 Å². The van der Waals surface area contributed by atoms with Crippen molar-refractivity contribution in [3.05, 3.63) is 42.6 Å². The summed E-state index contributed by atoms with van der Waals surface area (Å²) in [7, 11) is 0. The third-order valence-electron chi connectivity index (χ3n) is 3.37. The van der Waals surface area contributed by atoms with Crippen LogP contribution >= 0.6 is 0 Å². The van der Waals surface area contributed by atoms with Crippen LogP contribution in [0.4, 0.5) is 11.6 Å². The average molecular weight is 256 g/mol. The third-order valence-corrected chi connectivity index (χ3v) is 3.37. The standard InChI is InChI=1S/C15H20N4/c1-3-17-15(10-11(2)12-6-4-7-12)19-14-9-5-8-13(16)18-14/h3,5,8-10,12H,1,4,6-7H2,2H3,(H3,16,17,18,19)/b11-10+. The van der Waals surface area contributed by atoms with E-state index in [9.17, 15) is 0 Å². The minimum absolute atomic E-state index is 0.489. The van der Waals surface area contributed by atoms with Crippen LogP contribution in [0, 0.1) is 5.92 Å². The van der Waals surface area contributed by atoms with Crippen molar-refractivity contribution in [3.8, 4) is 0 Å². The quantitative estimate of drug-likeness (QED) is 0.641. The summed E-state index contributed by atoms with van der Waals surface area (Å²) in [6.45, 7) is 5.79. The first-order valence-corrected chi connectivity index (χ1v) is 6.55. The van der Waals surface area contributed by atoms with Crippen molar-refractivity contribution in [2.45, 2.75) is 26.2 Å². The van der Waals surface area contributed by atoms with Gasteiger partial charge in [0.15, 0.2) is 0 Å². The molecule has 0 radical (unpaired) electrons. The molecule has 0 spiro atoms. The van der Waals surface area contributed by atoms with Crippen LogP contribution in [0.25, 0.3) is 0 Å². The zero-order chi connectivity index (χ0) is 13.7. The molecule has 19 heavy (non-hydrogen) atoms. The van der Waals surface area contributed by atoms with Crippen molar-refractivity contribution in [3.63, 3.8) is 0 Å². The molecule has 1 aliphatic carbocycles. The van der Waals surface area contributed by atoms with Crippen molar-refractivity contribution in [2.24, 2.45) is 10.9 Å². The summed E-state index contributed by atoms with van der Waals surface area (Å²) in [5.41, 5.74) is 7.01. The van der Waals surface area contributed by atoms with Gasteiger partial charge in [0.2, 0.25) is 0 Å². The fourth-order valence-corrected chi connectivity index (χ4v) is 2.05. The smallest absolute Gasteiger partial charge is 0.133 e. The summed E-state index contributed by atoms with van der Waals surface area (Å²) in [5, 5.41) is 3.17. The highest BCUT2D eigenvalue weighted by Crippen LogP contribution is 2.32. The van der Waals surface area contributed by atoms with Crippen LogP contribution < -0.4 is 11.1 Å². The number of amidine groups is 1. The number of nitrogens with two attached hydrogens (primary N) is 1. The first-order valence-electron chi connectivity index (χ1n) is 6.55. The minimum atomic E-state index is 0.489. The molecule has 0 bridgehead atoms. The van der Waals surface area contributed by atoms with Gasteiger partial charge in [-0.3, -0.25) is 0 Å². The Hall–Kier alpha value is -2.10. The first-order chi connectivity index (χ1) is 9.19. The van der Waals surface area contributed by atoms with E-state index >= 15 is 0 Å². The van der Waals surface area contributed by atoms with Crippen LogP contribution in [0.3, 0.4) is 0 Å². The first kappa shape index (κ1) is 13.3. The molecule has 1 aromatic heterocycles. The SMILES string of the molecule is C=CN=C(/C=C(\C)C1CCC1)Nc1cccc(N)n1. The van der Waals surface area contributed by atoms with E-state index in [1.807, 2.05) is 12.1 Å². The molecule has 4 heteroatoms. The molecule has 4 nitrogen and oxygen atoms in total. The van der Waals surface area contributed by atoms with Gasteiger partial charge in [0.05, 0.1) is 0 Å². The average Bonchev–Trinajstić information content (AvgIpc) is 2.26. The Bertz CT molecular complexity index is 513. The molecular formula is C15H20N4. The lowest BCUT2D eigenvalue weighted by Crippen LogP contribution is -2.16. The highest BCUT2D eigenvalue weighted by Gasteiger charge is 2.19. The number of anilines is 2. The Morgan fingerprint density at radius 3 is 2.89 bits per heavy atom. The molecule has 2 rings (SSSR count). The lowest BCUT2D eigenvalue weighted by Gasteiger charge is -2.26. The number of nitrogen functional groups attached to an aromatic ring is 1. The molecule has 1 aromatic rings. The van der Waals surface area contributed by atoms with Crippen LogP contribution in [0.2, 0.25) is 0 Å². The topological polar surface area (TPSA) is 63.3 Å². The lowest BCUT2D eigenvalue weighted by atomic mass is 9.80. The van der Waals surface area contributed by atoms with E-state index in [4.69, 9.17) is 5.73 Å². The van der Waals surface area contributed by atoms with Crippen LogP contribution in [0.1, 0.15) is 26.2 Å². The Morgan fingerprint density at radius 1 is 1.53 bits per heavy atom. The molecule has 100 valence electrons. The molecule has 0 unspecified atom stereocenters. The summed E-state index contributed by atoms with van der Waals surface area (Å²) in [5.74, 6) is 2.63. The monoisotopic (exact) mass is 256 g/mol. The van der Waals surface area contributed by atoms with E-state index in [1.165, 1.54) is 31.0 Å². The molecule has 0 amide bonds. The van der Waals surface area contributed by atoms with Gasteiger partial charge in [0.1, 0.15) is 17.5 Å². The van der Waals surface area contributed by atoms with Crippen LogP contribution in [-0.4, -0.2) is 10.8 Å². The molecule has 1 aliphatic rings. The Morgan fingerprint density at radius 2 is 2.32 bits per heavy atom. The van der Waals surface area contributed by atoms with Gasteiger partial charge < -0.3 is 11.1 Å². The predicted octanol–water partition coefficient (Wildman–Crippen LogP) is 3.36. The van der Waals surface area contributed by atoms with Gasteiger partial charge in [-0.15, -0.1) is 0 Å². The van der Waals surface area contributed by atoms with Gasteiger partial charge in [0.25, 0.3) is 0 Å². The second-order valence-corrected chi connectivity index (χ2v) is 4.79. The highest BCUT2D eigenvalue weighted by molar-refractivity contribution is 6.04. The molecule has 0 saturated heterocycles. The number of rotatable bonds is 4. The zero-order valence-corrected chi connectivity index (χ0v) is 11.3. The van der Waals surface area contributed by atoms with E-state index in [1.54, 1.807) is 6.07 Å². The molecule has 0 aromatic carbocycles. The molecular weight excluding hydrogens is 236 g/mol. The van der Waals surface area contributed by atoms with Gasteiger partial charge in [-0.1, -0.05) is 24.6 Å². The second-order valence-electron chi connectivity index (χ2n) is 4.79. The molecule has 0 atom stereocenters. The molecule has 3 N–H and O–H groups in total. The van der Waals surface area contributed by atoms with Gasteiger partial charge in [-0.25, -0.2) is 9.98 Å². The largest absolute Gasteiger partial charge is 0.384 e. The summed E-state index contributed by atoms with van der Waals surface area (Å²) >= 11 is 0. The number of nitrogens with one attached hydrogen (secondary N) is 1. The van der Waals surface area contributed by atoms with E-state index in [2.05, 4.69) is 34.9 Å². The number of hydrogen-bond acceptors (Lipinski definition) is 3. The summed E-state index contributed by atoms with van der Waals surface area (Å²) in [4.78, 5) is 8.45. The summed E-state index contributed by atoms with van der Waals surface area (Å²) < 4.78 is 0. The third kappa shape index (κ3) is 3.68. The predicted molar refractivity (Wildman–Crippen MR) is 81.0 cm³/mol. The Kier molecular flexibility index (Phi) is 4.34. The second kappa shape index (κ2) is 6.18. The van der Waals surface area contributed by atoms with Crippen LogP contribution in [-0.2, 0) is 0 Å². The van der Waals surface area contributed by atoms with Gasteiger partial charge >= 0.3 is 0 Å². The van der Waals surface area contributed by atoms with E-state index in [0.717, 1.165) is 5.84 Å². The van der Waals surface area contributed by atoms with Gasteiger partial charge in [-0.05, 0) is 43.9 Å². The van der Waals surface area contributed by atoms with Crippen molar-refractivity contribution in [1.82, 2.24) is 4.98 Å². The van der Waals surface area contributed by atoms with E-state index in [0.29, 0.717) is 17.6 Å². The normalized spacial score (nSPS) is 16.9. The van der Waals surface area contributed by atoms with Gasteiger partial charge in [-0.2, -0.15) is 0 Å². The van der Waals surface area contributed by atoms with Crippen molar-refractivity contribution < 1.29 is 0 Å². The minimum Gasteiger partial charge on any atom is -0.384 e. The number of aromatic nitrogens is 1. The van der Waals surface area contributed by atoms with Crippen molar-refractivity contribution in [1.29, 1.82) is 0 Å². The maximum absolute atomic E-state index is 5.66. The van der Waals surface area contributed by atoms with Crippen LogP contribution in [0.5, 0.6) is 0 Å².